The van der Waals surface area contributed by atoms with Gasteiger partial charge in [0.25, 0.3) is 5.91 Å². The number of carbonyl (C=O) groups excluding carboxylic acids is 1. The maximum atomic E-state index is 10.9. The molecule has 1 aliphatic rings. The SMILES string of the molecule is CCC1CN(Cc2nc(C(N)=O)cs2)CCO1. The van der Waals surface area contributed by atoms with Gasteiger partial charge < -0.3 is 10.5 Å². The van der Waals surface area contributed by atoms with Crippen molar-refractivity contribution in [1.82, 2.24) is 9.88 Å². The first-order valence-corrected chi connectivity index (χ1v) is 6.65. The van der Waals surface area contributed by atoms with Gasteiger partial charge in [-0.15, -0.1) is 11.3 Å². The van der Waals surface area contributed by atoms with Crippen molar-refractivity contribution < 1.29 is 9.53 Å². The Hall–Kier alpha value is -0.980. The molecule has 0 saturated carbocycles. The minimum absolute atomic E-state index is 0.319. The highest BCUT2D eigenvalue weighted by molar-refractivity contribution is 7.09. The molecule has 0 aromatic carbocycles. The zero-order valence-corrected chi connectivity index (χ0v) is 10.7. The molecule has 1 atom stereocenters. The van der Waals surface area contributed by atoms with Crippen LogP contribution in [0.1, 0.15) is 28.8 Å². The van der Waals surface area contributed by atoms with Crippen LogP contribution in [0, 0.1) is 0 Å². The highest BCUT2D eigenvalue weighted by Gasteiger charge is 2.20. The average Bonchev–Trinajstić information content (AvgIpc) is 2.78. The second-order valence-electron chi connectivity index (χ2n) is 4.13. The van der Waals surface area contributed by atoms with Crippen molar-refractivity contribution in [2.75, 3.05) is 19.7 Å². The summed E-state index contributed by atoms with van der Waals surface area (Å²) < 4.78 is 5.61. The maximum Gasteiger partial charge on any atom is 0.268 e. The van der Waals surface area contributed by atoms with Crippen LogP contribution in [0.25, 0.3) is 0 Å². The van der Waals surface area contributed by atoms with E-state index in [1.807, 2.05) is 0 Å². The predicted molar refractivity (Wildman–Crippen MR) is 65.9 cm³/mol. The van der Waals surface area contributed by atoms with Crippen molar-refractivity contribution in [1.29, 1.82) is 0 Å². The summed E-state index contributed by atoms with van der Waals surface area (Å²) in [6.45, 7) is 5.52. The highest BCUT2D eigenvalue weighted by Crippen LogP contribution is 2.15. The van der Waals surface area contributed by atoms with E-state index >= 15 is 0 Å². The Morgan fingerprint density at radius 3 is 3.24 bits per heavy atom. The van der Waals surface area contributed by atoms with Gasteiger partial charge in [0.15, 0.2) is 0 Å². The molecule has 17 heavy (non-hydrogen) atoms. The Morgan fingerprint density at radius 2 is 2.59 bits per heavy atom. The van der Waals surface area contributed by atoms with Gasteiger partial charge in [0.05, 0.1) is 19.3 Å². The number of carbonyl (C=O) groups is 1. The van der Waals surface area contributed by atoms with E-state index in [0.29, 0.717) is 11.8 Å². The Balaban J connectivity index is 1.93. The zero-order chi connectivity index (χ0) is 12.3. The zero-order valence-electron chi connectivity index (χ0n) is 9.89. The lowest BCUT2D eigenvalue weighted by Gasteiger charge is -2.31. The molecule has 94 valence electrons. The number of ether oxygens (including phenoxy) is 1. The molecule has 1 aliphatic heterocycles. The van der Waals surface area contributed by atoms with Crippen LogP contribution >= 0.6 is 11.3 Å². The molecule has 6 heteroatoms. The number of nitrogens with zero attached hydrogens (tertiary/aromatic N) is 2. The lowest BCUT2D eigenvalue weighted by Crippen LogP contribution is -2.41. The minimum Gasteiger partial charge on any atom is -0.376 e. The van der Waals surface area contributed by atoms with Gasteiger partial charge in [-0.05, 0) is 6.42 Å². The van der Waals surface area contributed by atoms with Gasteiger partial charge in [-0.1, -0.05) is 6.92 Å². The molecule has 1 amide bonds. The lowest BCUT2D eigenvalue weighted by atomic mass is 10.2. The molecule has 5 nitrogen and oxygen atoms in total. The number of nitrogens with two attached hydrogens (primary N) is 1. The van der Waals surface area contributed by atoms with Gasteiger partial charge in [0.1, 0.15) is 10.7 Å². The largest absolute Gasteiger partial charge is 0.376 e. The van der Waals surface area contributed by atoms with Gasteiger partial charge in [0, 0.05) is 18.5 Å². The monoisotopic (exact) mass is 255 g/mol. The second kappa shape index (κ2) is 5.57. The Kier molecular flexibility index (Phi) is 4.09. The van der Waals surface area contributed by atoms with Gasteiger partial charge in [-0.25, -0.2) is 4.98 Å². The summed E-state index contributed by atoms with van der Waals surface area (Å²) in [6.07, 6.45) is 1.35. The quantitative estimate of drug-likeness (QED) is 0.866. The summed E-state index contributed by atoms with van der Waals surface area (Å²) in [5.41, 5.74) is 5.54. The molecule has 0 bridgehead atoms. The molecular formula is C11H17N3O2S. The maximum absolute atomic E-state index is 10.9. The highest BCUT2D eigenvalue weighted by atomic mass is 32.1. The molecule has 0 radical (unpaired) electrons. The fraction of sp³-hybridized carbons (Fsp3) is 0.636. The molecule has 1 unspecified atom stereocenters. The van der Waals surface area contributed by atoms with E-state index in [1.54, 1.807) is 5.38 Å². The molecule has 1 saturated heterocycles. The first-order chi connectivity index (χ1) is 8.19. The molecule has 2 N–H and O–H groups in total. The third-order valence-corrected chi connectivity index (χ3v) is 3.67. The molecule has 2 heterocycles. The summed E-state index contributed by atoms with van der Waals surface area (Å²) >= 11 is 1.49. The van der Waals surface area contributed by atoms with Crippen LogP contribution in [0.15, 0.2) is 5.38 Å². The predicted octanol–water partition coefficient (Wildman–Crippen LogP) is 0.853. The molecule has 0 aliphatic carbocycles. The Labute approximate surface area is 105 Å². The number of thiazole rings is 1. The van der Waals surface area contributed by atoms with E-state index in [9.17, 15) is 4.79 Å². The van der Waals surface area contributed by atoms with Crippen LogP contribution in [-0.4, -0.2) is 41.6 Å². The topological polar surface area (TPSA) is 68.5 Å². The van der Waals surface area contributed by atoms with Gasteiger partial charge in [-0.3, -0.25) is 9.69 Å². The second-order valence-corrected chi connectivity index (χ2v) is 5.07. The van der Waals surface area contributed by atoms with Crippen molar-refractivity contribution in [2.24, 2.45) is 5.73 Å². The standard InChI is InChI=1S/C11H17N3O2S/c1-2-8-5-14(3-4-16-8)6-10-13-9(7-17-10)11(12)15/h7-8H,2-6H2,1H3,(H2,12,15). The molecular weight excluding hydrogens is 238 g/mol. The van der Waals surface area contributed by atoms with Crippen molar-refractivity contribution in [3.63, 3.8) is 0 Å². The first kappa shape index (κ1) is 12.5. The third-order valence-electron chi connectivity index (χ3n) is 2.84. The summed E-state index contributed by atoms with van der Waals surface area (Å²) in [7, 11) is 0. The molecule has 1 fully saturated rings. The van der Waals surface area contributed by atoms with E-state index in [-0.39, 0.29) is 0 Å². The fourth-order valence-electron chi connectivity index (χ4n) is 1.86. The third kappa shape index (κ3) is 3.24. The van der Waals surface area contributed by atoms with Gasteiger partial charge >= 0.3 is 0 Å². The number of primary amides is 1. The van der Waals surface area contributed by atoms with Crippen LogP contribution in [0.4, 0.5) is 0 Å². The smallest absolute Gasteiger partial charge is 0.268 e. The molecule has 1 aromatic heterocycles. The fourth-order valence-corrected chi connectivity index (χ4v) is 2.68. The van der Waals surface area contributed by atoms with Crippen molar-refractivity contribution in [3.05, 3.63) is 16.1 Å². The number of aromatic nitrogens is 1. The number of amides is 1. The number of hydrogen-bond donors (Lipinski definition) is 1. The molecule has 1 aromatic rings. The Morgan fingerprint density at radius 1 is 1.76 bits per heavy atom. The van der Waals surface area contributed by atoms with Crippen LogP contribution in [0.2, 0.25) is 0 Å². The van der Waals surface area contributed by atoms with Crippen molar-refractivity contribution in [2.45, 2.75) is 26.0 Å². The summed E-state index contributed by atoms with van der Waals surface area (Å²) in [5, 5.41) is 2.66. The van der Waals surface area contributed by atoms with E-state index < -0.39 is 5.91 Å². The molecule has 0 spiro atoms. The Bertz CT molecular complexity index is 394. The van der Waals surface area contributed by atoms with Crippen LogP contribution in [0.3, 0.4) is 0 Å². The van der Waals surface area contributed by atoms with Crippen molar-refractivity contribution in [3.8, 4) is 0 Å². The van der Waals surface area contributed by atoms with E-state index in [0.717, 1.165) is 37.7 Å². The minimum atomic E-state index is -0.457. The normalized spacial score (nSPS) is 21.6. The van der Waals surface area contributed by atoms with E-state index in [1.165, 1.54) is 11.3 Å². The summed E-state index contributed by atoms with van der Waals surface area (Å²) in [5.74, 6) is -0.457. The number of morpholine rings is 1. The van der Waals surface area contributed by atoms with Crippen molar-refractivity contribution >= 4 is 17.2 Å². The van der Waals surface area contributed by atoms with Crippen LogP contribution in [0.5, 0.6) is 0 Å². The van der Waals surface area contributed by atoms with E-state index in [2.05, 4.69) is 16.8 Å². The first-order valence-electron chi connectivity index (χ1n) is 5.77. The number of rotatable bonds is 4. The van der Waals surface area contributed by atoms with E-state index in [4.69, 9.17) is 10.5 Å². The lowest BCUT2D eigenvalue weighted by molar-refractivity contribution is -0.0324. The van der Waals surface area contributed by atoms with Gasteiger partial charge in [-0.2, -0.15) is 0 Å². The average molecular weight is 255 g/mol. The van der Waals surface area contributed by atoms with Crippen LogP contribution in [-0.2, 0) is 11.3 Å². The molecule has 2 rings (SSSR count). The van der Waals surface area contributed by atoms with Gasteiger partial charge in [0.2, 0.25) is 0 Å². The number of hydrogen-bond acceptors (Lipinski definition) is 5. The summed E-state index contributed by atoms with van der Waals surface area (Å²) in [4.78, 5) is 17.5. The summed E-state index contributed by atoms with van der Waals surface area (Å²) in [6, 6.07) is 0. The van der Waals surface area contributed by atoms with Crippen LogP contribution < -0.4 is 5.73 Å².